The van der Waals surface area contributed by atoms with Crippen molar-refractivity contribution in [3.8, 4) is 11.5 Å². The van der Waals surface area contributed by atoms with E-state index in [0.29, 0.717) is 35.7 Å². The van der Waals surface area contributed by atoms with Gasteiger partial charge in [-0.05, 0) is 19.8 Å². The highest BCUT2D eigenvalue weighted by Crippen LogP contribution is 2.32. The molecule has 0 aliphatic rings. The molecule has 0 amide bonds. The van der Waals surface area contributed by atoms with Crippen molar-refractivity contribution in [2.45, 2.75) is 46.5 Å². The lowest BCUT2D eigenvalue weighted by atomic mass is 10.2. The number of ether oxygens (including phenoxy) is 3. The lowest BCUT2D eigenvalue weighted by Gasteiger charge is -2.13. The van der Waals surface area contributed by atoms with Crippen LogP contribution < -0.4 is 15.0 Å². The number of nitrogens with zero attached hydrogens (tertiary/aromatic N) is 3. The van der Waals surface area contributed by atoms with E-state index in [-0.39, 0.29) is 23.6 Å². The third-order valence-corrected chi connectivity index (χ3v) is 4.36. The van der Waals surface area contributed by atoms with E-state index < -0.39 is 11.5 Å². The number of esters is 1. The minimum Gasteiger partial charge on any atom is -0.490 e. The Morgan fingerprint density at radius 1 is 0.933 bits per heavy atom. The second-order valence-corrected chi connectivity index (χ2v) is 6.72. The number of nitrogens with one attached hydrogen (secondary N) is 1. The van der Waals surface area contributed by atoms with Gasteiger partial charge in [-0.3, -0.25) is 9.78 Å². The maximum Gasteiger partial charge on any atom is 0.374 e. The van der Waals surface area contributed by atoms with Gasteiger partial charge in [0, 0.05) is 12.1 Å². The SMILES string of the molecule is CCCCOc1cc2nc3nc(C(=O)OCC)[nH]c(=O)c3nc2cc1OCCCC. The summed E-state index contributed by atoms with van der Waals surface area (Å²) in [5.41, 5.74) is 0.509. The van der Waals surface area contributed by atoms with E-state index in [9.17, 15) is 9.59 Å². The third-order valence-electron chi connectivity index (χ3n) is 4.36. The fraction of sp³-hybridized carbons (Fsp3) is 0.476. The molecule has 0 aliphatic heterocycles. The number of fused-ring (bicyclic) bond motifs is 2. The van der Waals surface area contributed by atoms with Crippen LogP contribution in [0.3, 0.4) is 0 Å². The Morgan fingerprint density at radius 2 is 1.53 bits per heavy atom. The van der Waals surface area contributed by atoms with Crippen LogP contribution in [0, 0.1) is 0 Å². The fourth-order valence-electron chi connectivity index (χ4n) is 2.76. The molecule has 1 aromatic carbocycles. The van der Waals surface area contributed by atoms with Gasteiger partial charge in [0.15, 0.2) is 22.7 Å². The lowest BCUT2D eigenvalue weighted by Crippen LogP contribution is -2.19. The van der Waals surface area contributed by atoms with Gasteiger partial charge in [-0.15, -0.1) is 0 Å². The molecule has 0 spiro atoms. The first kappa shape index (κ1) is 21.5. The van der Waals surface area contributed by atoms with Crippen molar-refractivity contribution < 1.29 is 19.0 Å². The molecular weight excluding hydrogens is 388 g/mol. The number of H-pyrrole nitrogens is 1. The number of carbonyl (C=O) groups excluding carboxylic acids is 1. The summed E-state index contributed by atoms with van der Waals surface area (Å²) in [6, 6.07) is 3.45. The molecule has 0 bridgehead atoms. The van der Waals surface area contributed by atoms with E-state index in [4.69, 9.17) is 14.2 Å². The summed E-state index contributed by atoms with van der Waals surface area (Å²) in [7, 11) is 0. The van der Waals surface area contributed by atoms with Crippen LogP contribution in [0.4, 0.5) is 0 Å². The number of aromatic amines is 1. The first-order chi connectivity index (χ1) is 14.6. The summed E-state index contributed by atoms with van der Waals surface area (Å²) >= 11 is 0. The minimum atomic E-state index is -0.721. The molecule has 0 saturated carbocycles. The van der Waals surface area contributed by atoms with Crippen molar-refractivity contribution in [1.82, 2.24) is 19.9 Å². The molecule has 1 N–H and O–H groups in total. The van der Waals surface area contributed by atoms with Gasteiger partial charge in [0.2, 0.25) is 5.82 Å². The summed E-state index contributed by atoms with van der Waals surface area (Å²) in [5.74, 6) is 0.202. The van der Waals surface area contributed by atoms with Crippen molar-refractivity contribution in [3.05, 3.63) is 28.3 Å². The van der Waals surface area contributed by atoms with Crippen LogP contribution in [0.2, 0.25) is 0 Å². The Hall–Kier alpha value is -3.23. The molecule has 30 heavy (non-hydrogen) atoms. The molecule has 9 heteroatoms. The molecule has 3 rings (SSSR count). The van der Waals surface area contributed by atoms with Gasteiger partial charge in [0.05, 0.1) is 30.9 Å². The van der Waals surface area contributed by atoms with Gasteiger partial charge in [-0.1, -0.05) is 26.7 Å². The molecule has 0 atom stereocenters. The standard InChI is InChI=1S/C21H26N4O5/c1-4-7-9-29-15-11-13-14(12-16(15)30-10-8-5-2)23-18-17(22-13)20(26)25-19(24-18)21(27)28-6-3/h11-12H,4-10H2,1-3H3,(H,23,24,25,26). The van der Waals surface area contributed by atoms with Gasteiger partial charge in [0.25, 0.3) is 5.56 Å². The molecule has 2 aromatic heterocycles. The van der Waals surface area contributed by atoms with Crippen LogP contribution in [0.15, 0.2) is 16.9 Å². The summed E-state index contributed by atoms with van der Waals surface area (Å²) in [6.45, 7) is 7.12. The van der Waals surface area contributed by atoms with Gasteiger partial charge >= 0.3 is 5.97 Å². The summed E-state index contributed by atoms with van der Waals surface area (Å²) < 4.78 is 16.7. The average Bonchev–Trinajstić information content (AvgIpc) is 2.73. The predicted molar refractivity (Wildman–Crippen MR) is 112 cm³/mol. The Kier molecular flexibility index (Phi) is 7.16. The van der Waals surface area contributed by atoms with Crippen molar-refractivity contribution in [2.24, 2.45) is 0 Å². The summed E-state index contributed by atoms with van der Waals surface area (Å²) in [6.07, 6.45) is 3.84. The molecule has 0 unspecified atom stereocenters. The van der Waals surface area contributed by atoms with Crippen LogP contribution >= 0.6 is 0 Å². The Bertz CT molecular complexity index is 1100. The number of benzene rings is 1. The largest absolute Gasteiger partial charge is 0.490 e. The number of carbonyl (C=O) groups is 1. The third kappa shape index (κ3) is 4.84. The van der Waals surface area contributed by atoms with Crippen molar-refractivity contribution in [1.29, 1.82) is 0 Å². The smallest absolute Gasteiger partial charge is 0.374 e. The normalized spacial score (nSPS) is 11.0. The van der Waals surface area contributed by atoms with E-state index in [1.54, 1.807) is 19.1 Å². The molecule has 2 heterocycles. The van der Waals surface area contributed by atoms with Crippen molar-refractivity contribution >= 4 is 28.2 Å². The van der Waals surface area contributed by atoms with Crippen molar-refractivity contribution in [2.75, 3.05) is 19.8 Å². The van der Waals surface area contributed by atoms with Crippen molar-refractivity contribution in [3.63, 3.8) is 0 Å². The number of hydrogen-bond donors (Lipinski definition) is 1. The topological polar surface area (TPSA) is 116 Å². The Labute approximate surface area is 173 Å². The molecule has 0 fully saturated rings. The highest BCUT2D eigenvalue weighted by Gasteiger charge is 2.17. The molecular formula is C21H26N4O5. The molecule has 0 saturated heterocycles. The summed E-state index contributed by atoms with van der Waals surface area (Å²) in [4.78, 5) is 39.7. The van der Waals surface area contributed by atoms with E-state index in [2.05, 4.69) is 33.8 Å². The highest BCUT2D eigenvalue weighted by atomic mass is 16.5. The maximum absolute atomic E-state index is 12.4. The fourth-order valence-corrected chi connectivity index (χ4v) is 2.76. The first-order valence-electron chi connectivity index (χ1n) is 10.3. The average molecular weight is 414 g/mol. The second-order valence-electron chi connectivity index (χ2n) is 6.72. The van der Waals surface area contributed by atoms with Gasteiger partial charge in [-0.2, -0.15) is 0 Å². The van der Waals surface area contributed by atoms with Gasteiger partial charge in [0.1, 0.15) is 0 Å². The van der Waals surface area contributed by atoms with Gasteiger partial charge < -0.3 is 14.2 Å². The molecule has 3 aromatic rings. The Balaban J connectivity index is 2.07. The maximum atomic E-state index is 12.4. The first-order valence-corrected chi connectivity index (χ1v) is 10.3. The second kappa shape index (κ2) is 10.00. The lowest BCUT2D eigenvalue weighted by molar-refractivity contribution is 0.0512. The number of unbranched alkanes of at least 4 members (excludes halogenated alkanes) is 2. The zero-order chi connectivity index (χ0) is 21.5. The number of rotatable bonds is 10. The molecule has 0 aliphatic carbocycles. The molecule has 160 valence electrons. The van der Waals surface area contributed by atoms with E-state index in [1.807, 2.05) is 0 Å². The monoisotopic (exact) mass is 414 g/mol. The zero-order valence-corrected chi connectivity index (χ0v) is 17.5. The van der Waals surface area contributed by atoms with Gasteiger partial charge in [-0.25, -0.2) is 19.7 Å². The van der Waals surface area contributed by atoms with Crippen LogP contribution in [0.5, 0.6) is 11.5 Å². The highest BCUT2D eigenvalue weighted by molar-refractivity contribution is 5.89. The quantitative estimate of drug-likeness (QED) is 0.305. The zero-order valence-electron chi connectivity index (χ0n) is 17.5. The Morgan fingerprint density at radius 3 is 2.10 bits per heavy atom. The molecule has 9 nitrogen and oxygen atoms in total. The summed E-state index contributed by atoms with van der Waals surface area (Å²) in [5, 5.41) is 0. The number of hydrogen-bond acceptors (Lipinski definition) is 8. The predicted octanol–water partition coefficient (Wildman–Crippen LogP) is 3.40. The minimum absolute atomic E-state index is 0.0368. The van der Waals surface area contributed by atoms with Crippen LogP contribution in [0.1, 0.15) is 57.1 Å². The van der Waals surface area contributed by atoms with Crippen LogP contribution in [0.25, 0.3) is 22.2 Å². The van der Waals surface area contributed by atoms with E-state index in [0.717, 1.165) is 25.7 Å². The van der Waals surface area contributed by atoms with Crippen LogP contribution in [-0.4, -0.2) is 45.7 Å². The van der Waals surface area contributed by atoms with E-state index >= 15 is 0 Å². The molecule has 0 radical (unpaired) electrons. The van der Waals surface area contributed by atoms with E-state index in [1.165, 1.54) is 0 Å². The number of aromatic nitrogens is 4. The van der Waals surface area contributed by atoms with Crippen LogP contribution in [-0.2, 0) is 4.74 Å².